The van der Waals surface area contributed by atoms with E-state index in [1.807, 2.05) is 0 Å². The number of aromatic nitrogens is 5. The smallest absolute Gasteiger partial charge is 0.257 e. The number of hydrogen-bond acceptors (Lipinski definition) is 6. The standard InChI is InChI=1S/C13H12FN5O2/c14-10-3-1-9(2-4-10)13-15-12(17-21-13)8-19-7-11(5-6-20)16-18-19/h1-4,7,20H,5-6,8H2. The minimum absolute atomic E-state index is 0.0234. The molecular weight excluding hydrogens is 277 g/mol. The average molecular weight is 289 g/mol. The lowest BCUT2D eigenvalue weighted by Gasteiger charge is -1.93. The summed E-state index contributed by atoms with van der Waals surface area (Å²) in [6.45, 7) is 0.332. The molecule has 0 spiro atoms. The Bertz CT molecular complexity index is 722. The van der Waals surface area contributed by atoms with Crippen LogP contribution in [0.5, 0.6) is 0 Å². The normalized spacial score (nSPS) is 11.0. The van der Waals surface area contributed by atoms with Crippen LogP contribution >= 0.6 is 0 Å². The molecule has 108 valence electrons. The molecule has 0 unspecified atom stereocenters. The summed E-state index contributed by atoms with van der Waals surface area (Å²) in [6, 6.07) is 5.80. The summed E-state index contributed by atoms with van der Waals surface area (Å²) in [5.41, 5.74) is 1.34. The Morgan fingerprint density at radius 2 is 2.05 bits per heavy atom. The maximum absolute atomic E-state index is 12.9. The molecule has 2 aromatic heterocycles. The van der Waals surface area contributed by atoms with Gasteiger partial charge >= 0.3 is 0 Å². The monoisotopic (exact) mass is 289 g/mol. The number of benzene rings is 1. The Morgan fingerprint density at radius 1 is 1.24 bits per heavy atom. The number of aliphatic hydroxyl groups excluding tert-OH is 1. The first-order chi connectivity index (χ1) is 10.2. The fraction of sp³-hybridized carbons (Fsp3) is 0.231. The topological polar surface area (TPSA) is 89.9 Å². The van der Waals surface area contributed by atoms with Gasteiger partial charge in [-0.1, -0.05) is 10.4 Å². The van der Waals surface area contributed by atoms with Crippen molar-refractivity contribution in [3.05, 3.63) is 47.8 Å². The van der Waals surface area contributed by atoms with Crippen molar-refractivity contribution in [1.82, 2.24) is 25.1 Å². The highest BCUT2D eigenvalue weighted by Crippen LogP contribution is 2.17. The molecule has 2 heterocycles. The van der Waals surface area contributed by atoms with Crippen molar-refractivity contribution in [3.8, 4) is 11.5 Å². The van der Waals surface area contributed by atoms with Gasteiger partial charge in [0.15, 0.2) is 5.82 Å². The van der Waals surface area contributed by atoms with E-state index >= 15 is 0 Å². The van der Waals surface area contributed by atoms with E-state index in [1.54, 1.807) is 23.0 Å². The molecule has 0 fully saturated rings. The second-order valence-electron chi connectivity index (χ2n) is 4.40. The van der Waals surface area contributed by atoms with E-state index in [2.05, 4.69) is 20.5 Å². The van der Waals surface area contributed by atoms with Gasteiger partial charge in [-0.3, -0.25) is 0 Å². The number of aliphatic hydroxyl groups is 1. The first-order valence-corrected chi connectivity index (χ1v) is 6.33. The van der Waals surface area contributed by atoms with Crippen LogP contribution in [0, 0.1) is 5.82 Å². The maximum Gasteiger partial charge on any atom is 0.257 e. The van der Waals surface area contributed by atoms with E-state index in [0.717, 1.165) is 0 Å². The maximum atomic E-state index is 12.9. The van der Waals surface area contributed by atoms with Gasteiger partial charge in [-0.25, -0.2) is 9.07 Å². The summed E-state index contributed by atoms with van der Waals surface area (Å²) in [5, 5.41) is 20.5. The molecule has 7 nitrogen and oxygen atoms in total. The lowest BCUT2D eigenvalue weighted by Crippen LogP contribution is -2.02. The van der Waals surface area contributed by atoms with Crippen LogP contribution < -0.4 is 0 Å². The first-order valence-electron chi connectivity index (χ1n) is 6.33. The third-order valence-electron chi connectivity index (χ3n) is 2.82. The van der Waals surface area contributed by atoms with Crippen molar-refractivity contribution < 1.29 is 14.0 Å². The highest BCUT2D eigenvalue weighted by Gasteiger charge is 2.10. The van der Waals surface area contributed by atoms with Gasteiger partial charge in [0, 0.05) is 24.8 Å². The van der Waals surface area contributed by atoms with Gasteiger partial charge in [-0.05, 0) is 24.3 Å². The molecule has 0 saturated heterocycles. The summed E-state index contributed by atoms with van der Waals surface area (Å²) in [5.74, 6) is 0.438. The SMILES string of the molecule is OCCc1cn(Cc2noc(-c3ccc(F)cc3)n2)nn1. The molecule has 8 heteroatoms. The summed E-state index contributed by atoms with van der Waals surface area (Å²) in [6.07, 6.45) is 2.16. The number of rotatable bonds is 5. The molecule has 0 bridgehead atoms. The minimum atomic E-state index is -0.322. The Kier molecular flexibility index (Phi) is 3.69. The van der Waals surface area contributed by atoms with Crippen molar-refractivity contribution in [2.24, 2.45) is 0 Å². The summed E-state index contributed by atoms with van der Waals surface area (Å²) < 4.78 is 19.5. The second-order valence-corrected chi connectivity index (χ2v) is 4.40. The van der Waals surface area contributed by atoms with Gasteiger partial charge in [0.25, 0.3) is 5.89 Å². The van der Waals surface area contributed by atoms with Crippen LogP contribution in [0.15, 0.2) is 35.0 Å². The van der Waals surface area contributed by atoms with Crippen LogP contribution in [0.4, 0.5) is 4.39 Å². The zero-order chi connectivity index (χ0) is 14.7. The number of halogens is 1. The molecule has 0 aliphatic carbocycles. The molecule has 0 atom stereocenters. The fourth-order valence-electron chi connectivity index (χ4n) is 1.82. The quantitative estimate of drug-likeness (QED) is 0.755. The van der Waals surface area contributed by atoms with Gasteiger partial charge in [-0.2, -0.15) is 4.98 Å². The third kappa shape index (κ3) is 3.11. The van der Waals surface area contributed by atoms with Gasteiger partial charge < -0.3 is 9.63 Å². The van der Waals surface area contributed by atoms with E-state index in [1.165, 1.54) is 12.1 Å². The van der Waals surface area contributed by atoms with Crippen molar-refractivity contribution in [1.29, 1.82) is 0 Å². The van der Waals surface area contributed by atoms with E-state index in [4.69, 9.17) is 9.63 Å². The van der Waals surface area contributed by atoms with Crippen LogP contribution in [0.2, 0.25) is 0 Å². The van der Waals surface area contributed by atoms with Crippen molar-refractivity contribution in [2.75, 3.05) is 6.61 Å². The van der Waals surface area contributed by atoms with E-state index in [-0.39, 0.29) is 12.4 Å². The minimum Gasteiger partial charge on any atom is -0.396 e. The van der Waals surface area contributed by atoms with Crippen molar-refractivity contribution in [3.63, 3.8) is 0 Å². The molecule has 1 aromatic carbocycles. The highest BCUT2D eigenvalue weighted by atomic mass is 19.1. The molecule has 3 aromatic rings. The van der Waals surface area contributed by atoms with Crippen LogP contribution in [-0.2, 0) is 13.0 Å². The first kappa shape index (κ1) is 13.4. The number of nitrogens with zero attached hydrogens (tertiary/aromatic N) is 5. The largest absolute Gasteiger partial charge is 0.396 e. The average Bonchev–Trinajstić information content (AvgIpc) is 3.11. The molecular formula is C13H12FN5O2. The van der Waals surface area contributed by atoms with Crippen molar-refractivity contribution >= 4 is 0 Å². The Labute approximate surface area is 119 Å². The molecule has 0 aliphatic rings. The summed E-state index contributed by atoms with van der Waals surface area (Å²) in [4.78, 5) is 4.22. The van der Waals surface area contributed by atoms with Gasteiger partial charge in [0.1, 0.15) is 12.4 Å². The molecule has 0 radical (unpaired) electrons. The van der Waals surface area contributed by atoms with E-state index < -0.39 is 0 Å². The third-order valence-corrected chi connectivity index (χ3v) is 2.82. The number of hydrogen-bond donors (Lipinski definition) is 1. The molecule has 0 aliphatic heterocycles. The molecule has 21 heavy (non-hydrogen) atoms. The summed E-state index contributed by atoms with van der Waals surface area (Å²) >= 11 is 0. The van der Waals surface area contributed by atoms with Crippen LogP contribution in [0.3, 0.4) is 0 Å². The Balaban J connectivity index is 1.73. The second kappa shape index (κ2) is 5.80. The van der Waals surface area contributed by atoms with Crippen LogP contribution in [0.25, 0.3) is 11.5 Å². The zero-order valence-corrected chi connectivity index (χ0v) is 11.0. The molecule has 0 saturated carbocycles. The molecule has 3 rings (SSSR count). The van der Waals surface area contributed by atoms with Gasteiger partial charge in [0.2, 0.25) is 0 Å². The molecule has 0 amide bonds. The van der Waals surface area contributed by atoms with Crippen molar-refractivity contribution in [2.45, 2.75) is 13.0 Å². The fourth-order valence-corrected chi connectivity index (χ4v) is 1.82. The van der Waals surface area contributed by atoms with Crippen LogP contribution in [-0.4, -0.2) is 36.8 Å². The lowest BCUT2D eigenvalue weighted by atomic mass is 10.2. The van der Waals surface area contributed by atoms with E-state index in [9.17, 15) is 4.39 Å². The Hall–Kier alpha value is -2.61. The lowest BCUT2D eigenvalue weighted by molar-refractivity contribution is 0.298. The predicted octanol–water partition coefficient (Wildman–Crippen LogP) is 1.05. The molecule has 1 N–H and O–H groups in total. The highest BCUT2D eigenvalue weighted by molar-refractivity contribution is 5.52. The Morgan fingerprint density at radius 3 is 2.81 bits per heavy atom. The van der Waals surface area contributed by atoms with Crippen LogP contribution in [0.1, 0.15) is 11.5 Å². The van der Waals surface area contributed by atoms with Gasteiger partial charge in [-0.15, -0.1) is 5.10 Å². The zero-order valence-electron chi connectivity index (χ0n) is 11.0. The van der Waals surface area contributed by atoms with Gasteiger partial charge in [0.05, 0.1) is 5.69 Å². The predicted molar refractivity (Wildman–Crippen MR) is 69.6 cm³/mol. The summed E-state index contributed by atoms with van der Waals surface area (Å²) in [7, 11) is 0. The van der Waals surface area contributed by atoms with E-state index in [0.29, 0.717) is 35.9 Å².